The number of hydrogen-bond donors (Lipinski definition) is 1. The number of nitrogens with one attached hydrogen (secondary N) is 1. The zero-order chi connectivity index (χ0) is 18.4. The van der Waals surface area contributed by atoms with Crippen molar-refractivity contribution >= 4 is 17.5 Å². The van der Waals surface area contributed by atoms with Crippen molar-refractivity contribution < 1.29 is 9.21 Å². The maximum Gasteiger partial charge on any atom is 0.220 e. The summed E-state index contributed by atoms with van der Waals surface area (Å²) in [6.07, 6.45) is 6.13. The topological polar surface area (TPSA) is 58.4 Å². The molecule has 2 heterocycles. The number of aryl methyl sites for hydroxylation is 1. The van der Waals surface area contributed by atoms with Crippen LogP contribution in [0, 0.1) is 5.92 Å². The second kappa shape index (κ2) is 9.19. The van der Waals surface area contributed by atoms with E-state index in [1.54, 1.807) is 6.20 Å². The summed E-state index contributed by atoms with van der Waals surface area (Å²) in [5.41, 5.74) is 0.927. The summed E-state index contributed by atoms with van der Waals surface area (Å²) in [5, 5.41) is 3.71. The minimum Gasteiger partial charge on any atom is -0.441 e. The van der Waals surface area contributed by atoms with E-state index in [1.165, 1.54) is 25.9 Å². The average Bonchev–Trinajstić information content (AvgIpc) is 3.11. The van der Waals surface area contributed by atoms with Crippen LogP contribution in [0.4, 0.5) is 0 Å². The van der Waals surface area contributed by atoms with Crippen molar-refractivity contribution in [2.75, 3.05) is 26.7 Å². The zero-order valence-corrected chi connectivity index (χ0v) is 16.0. The van der Waals surface area contributed by atoms with Crippen molar-refractivity contribution in [1.82, 2.24) is 15.2 Å². The molecular weight excluding hydrogens is 350 g/mol. The predicted molar refractivity (Wildman–Crippen MR) is 103 cm³/mol. The van der Waals surface area contributed by atoms with Crippen molar-refractivity contribution in [3.8, 4) is 11.3 Å². The van der Waals surface area contributed by atoms with Crippen LogP contribution in [0.2, 0.25) is 5.02 Å². The molecule has 1 aliphatic rings. The Morgan fingerprint density at radius 1 is 1.31 bits per heavy atom. The molecule has 26 heavy (non-hydrogen) atoms. The number of benzene rings is 1. The van der Waals surface area contributed by atoms with Crippen LogP contribution in [0.1, 0.15) is 31.6 Å². The van der Waals surface area contributed by atoms with Gasteiger partial charge in [0.1, 0.15) is 0 Å². The lowest BCUT2D eigenvalue weighted by Crippen LogP contribution is -2.32. The molecule has 1 aliphatic heterocycles. The third-order valence-corrected chi connectivity index (χ3v) is 5.21. The smallest absolute Gasteiger partial charge is 0.220 e. The molecule has 6 heteroatoms. The van der Waals surface area contributed by atoms with E-state index in [4.69, 9.17) is 16.0 Å². The Morgan fingerprint density at radius 3 is 2.77 bits per heavy atom. The molecule has 1 N–H and O–H groups in total. The average molecular weight is 376 g/mol. The number of rotatable bonds is 7. The van der Waals surface area contributed by atoms with E-state index >= 15 is 0 Å². The lowest BCUT2D eigenvalue weighted by molar-refractivity contribution is -0.121. The lowest BCUT2D eigenvalue weighted by atomic mass is 9.94. The van der Waals surface area contributed by atoms with Gasteiger partial charge < -0.3 is 14.6 Å². The van der Waals surface area contributed by atoms with Crippen LogP contribution in [-0.4, -0.2) is 42.5 Å². The quantitative estimate of drug-likeness (QED) is 0.800. The number of amides is 1. The molecule has 1 saturated heterocycles. The number of halogens is 1. The maximum atomic E-state index is 12.0. The molecule has 1 aromatic heterocycles. The van der Waals surface area contributed by atoms with Gasteiger partial charge in [0.2, 0.25) is 5.91 Å². The molecule has 0 aliphatic carbocycles. The van der Waals surface area contributed by atoms with Crippen molar-refractivity contribution in [2.45, 2.75) is 32.1 Å². The normalized spacial score (nSPS) is 15.9. The van der Waals surface area contributed by atoms with E-state index in [2.05, 4.69) is 22.2 Å². The fourth-order valence-electron chi connectivity index (χ4n) is 3.25. The third kappa shape index (κ3) is 5.58. The number of hydrogen-bond acceptors (Lipinski definition) is 4. The largest absolute Gasteiger partial charge is 0.441 e. The van der Waals surface area contributed by atoms with Gasteiger partial charge in [-0.25, -0.2) is 4.98 Å². The van der Waals surface area contributed by atoms with Crippen LogP contribution in [-0.2, 0) is 11.2 Å². The van der Waals surface area contributed by atoms with E-state index in [-0.39, 0.29) is 5.91 Å². The second-order valence-electron chi connectivity index (χ2n) is 7.01. The Hall–Kier alpha value is -1.85. The maximum absolute atomic E-state index is 12.0. The Bertz CT molecular complexity index is 706. The Labute approximate surface area is 159 Å². The molecule has 2 aromatic rings. The first-order chi connectivity index (χ1) is 12.6. The summed E-state index contributed by atoms with van der Waals surface area (Å²) in [7, 11) is 2.17. The van der Waals surface area contributed by atoms with E-state index in [0.717, 1.165) is 24.4 Å². The summed E-state index contributed by atoms with van der Waals surface area (Å²) >= 11 is 5.89. The Balaban J connectivity index is 1.37. The summed E-state index contributed by atoms with van der Waals surface area (Å²) in [4.78, 5) is 18.6. The summed E-state index contributed by atoms with van der Waals surface area (Å²) in [6, 6.07) is 7.42. The van der Waals surface area contributed by atoms with Crippen LogP contribution in [0.5, 0.6) is 0 Å². The van der Waals surface area contributed by atoms with E-state index < -0.39 is 0 Å². The van der Waals surface area contributed by atoms with Crippen LogP contribution < -0.4 is 5.32 Å². The van der Waals surface area contributed by atoms with Crippen LogP contribution >= 0.6 is 11.6 Å². The van der Waals surface area contributed by atoms with Gasteiger partial charge in [-0.05, 0) is 69.6 Å². The van der Waals surface area contributed by atoms with E-state index in [9.17, 15) is 4.79 Å². The monoisotopic (exact) mass is 375 g/mol. The highest BCUT2D eigenvalue weighted by Crippen LogP contribution is 2.23. The summed E-state index contributed by atoms with van der Waals surface area (Å²) in [5.74, 6) is 2.07. The van der Waals surface area contributed by atoms with Gasteiger partial charge >= 0.3 is 0 Å². The molecule has 140 valence electrons. The number of piperidine rings is 1. The van der Waals surface area contributed by atoms with Crippen LogP contribution in [0.15, 0.2) is 34.9 Å². The second-order valence-corrected chi connectivity index (χ2v) is 7.45. The minimum atomic E-state index is 0.0594. The Kier molecular flexibility index (Phi) is 6.69. The molecular formula is C20H26ClN3O2. The number of nitrogens with zero attached hydrogens (tertiary/aromatic N) is 2. The lowest BCUT2D eigenvalue weighted by Gasteiger charge is -2.28. The van der Waals surface area contributed by atoms with Crippen molar-refractivity contribution in [2.24, 2.45) is 5.92 Å². The molecule has 5 nitrogen and oxygen atoms in total. The van der Waals surface area contributed by atoms with Crippen molar-refractivity contribution in [1.29, 1.82) is 0 Å². The summed E-state index contributed by atoms with van der Waals surface area (Å²) < 4.78 is 5.73. The SMILES string of the molecule is CN1CCC(CCNC(=O)CCc2ncc(-c3ccc(Cl)cc3)o2)CC1. The number of carbonyl (C=O) groups is 1. The van der Waals surface area contributed by atoms with Gasteiger partial charge in [-0.15, -0.1) is 0 Å². The highest BCUT2D eigenvalue weighted by Gasteiger charge is 2.16. The third-order valence-electron chi connectivity index (χ3n) is 4.96. The fourth-order valence-corrected chi connectivity index (χ4v) is 3.37. The zero-order valence-electron chi connectivity index (χ0n) is 15.2. The van der Waals surface area contributed by atoms with E-state index in [0.29, 0.717) is 29.5 Å². The van der Waals surface area contributed by atoms with E-state index in [1.807, 2.05) is 24.3 Å². The van der Waals surface area contributed by atoms with Gasteiger partial charge in [0, 0.05) is 30.0 Å². The number of carbonyl (C=O) groups excluding carboxylic acids is 1. The molecule has 0 bridgehead atoms. The highest BCUT2D eigenvalue weighted by atomic mass is 35.5. The summed E-state index contributed by atoms with van der Waals surface area (Å²) in [6.45, 7) is 3.09. The molecule has 0 spiro atoms. The van der Waals surface area contributed by atoms with Gasteiger partial charge in [0.15, 0.2) is 11.7 Å². The van der Waals surface area contributed by atoms with Gasteiger partial charge in [-0.1, -0.05) is 11.6 Å². The number of likely N-dealkylation sites (tertiary alicyclic amines) is 1. The predicted octanol–water partition coefficient (Wildman–Crippen LogP) is 3.78. The van der Waals surface area contributed by atoms with Gasteiger partial charge in [-0.2, -0.15) is 0 Å². The standard InChI is InChI=1S/C20H26ClN3O2/c1-24-12-9-15(10-13-24)8-11-22-19(25)6-7-20-23-14-18(26-20)16-2-4-17(21)5-3-16/h2-5,14-15H,6-13H2,1H3,(H,22,25). The van der Waals surface area contributed by atoms with Crippen molar-refractivity contribution in [3.63, 3.8) is 0 Å². The molecule has 3 rings (SSSR count). The fraction of sp³-hybridized carbons (Fsp3) is 0.500. The first kappa shape index (κ1) is 18.9. The molecule has 1 fully saturated rings. The van der Waals surface area contributed by atoms with Gasteiger partial charge in [0.25, 0.3) is 0 Å². The number of aromatic nitrogens is 1. The van der Waals surface area contributed by atoms with Crippen LogP contribution in [0.25, 0.3) is 11.3 Å². The van der Waals surface area contributed by atoms with Crippen molar-refractivity contribution in [3.05, 3.63) is 41.4 Å². The Morgan fingerprint density at radius 2 is 2.04 bits per heavy atom. The molecule has 1 amide bonds. The molecule has 0 unspecified atom stereocenters. The molecule has 0 atom stereocenters. The minimum absolute atomic E-state index is 0.0594. The molecule has 0 saturated carbocycles. The molecule has 0 radical (unpaired) electrons. The first-order valence-corrected chi connectivity index (χ1v) is 9.64. The van der Waals surface area contributed by atoms with Crippen LogP contribution in [0.3, 0.4) is 0 Å². The molecule has 1 aromatic carbocycles. The first-order valence-electron chi connectivity index (χ1n) is 9.26. The number of oxazole rings is 1. The van der Waals surface area contributed by atoms with Gasteiger partial charge in [0.05, 0.1) is 6.20 Å². The van der Waals surface area contributed by atoms with Gasteiger partial charge in [-0.3, -0.25) is 4.79 Å². The highest BCUT2D eigenvalue weighted by molar-refractivity contribution is 6.30.